The molecule has 0 atom stereocenters. The fourth-order valence-electron chi connectivity index (χ4n) is 2.39. The summed E-state index contributed by atoms with van der Waals surface area (Å²) in [5.74, 6) is 0. The van der Waals surface area contributed by atoms with Gasteiger partial charge in [-0.1, -0.05) is 47.5 Å². The summed E-state index contributed by atoms with van der Waals surface area (Å²) in [6, 6.07) is 15.5. The molecule has 0 amide bonds. The quantitative estimate of drug-likeness (QED) is 0.512. The number of hydrogen-bond donors (Lipinski definition) is 0. The average molecular weight is 389 g/mol. The third-order valence-electron chi connectivity index (χ3n) is 3.35. The van der Waals surface area contributed by atoms with Crippen molar-refractivity contribution in [3.05, 3.63) is 69.7 Å². The number of hydrogen-bond acceptors (Lipinski definition) is 2. The lowest BCUT2D eigenvalue weighted by atomic mass is 9.96. The summed E-state index contributed by atoms with van der Waals surface area (Å²) >= 11 is 12.2. The molecule has 2 rings (SSSR count). The van der Waals surface area contributed by atoms with Gasteiger partial charge in [-0.3, -0.25) is 9.98 Å². The van der Waals surface area contributed by atoms with Crippen LogP contribution in [0.3, 0.4) is 0 Å². The maximum atomic E-state index is 6.09. The minimum Gasteiger partial charge on any atom is -0.277 e. The summed E-state index contributed by atoms with van der Waals surface area (Å²) in [7, 11) is 0. The predicted molar refractivity (Wildman–Crippen MR) is 115 cm³/mol. The van der Waals surface area contributed by atoms with Crippen molar-refractivity contribution in [2.75, 3.05) is 0 Å². The van der Waals surface area contributed by atoms with E-state index in [9.17, 15) is 0 Å². The Kier molecular flexibility index (Phi) is 6.31. The van der Waals surface area contributed by atoms with Crippen LogP contribution in [0, 0.1) is 0 Å². The van der Waals surface area contributed by atoms with Crippen molar-refractivity contribution in [1.29, 1.82) is 0 Å². The van der Waals surface area contributed by atoms with E-state index in [0.29, 0.717) is 10.0 Å². The molecular weight excluding hydrogens is 363 g/mol. The summed E-state index contributed by atoms with van der Waals surface area (Å²) in [6.45, 7) is 12.5. The van der Waals surface area contributed by atoms with Crippen LogP contribution < -0.4 is 0 Å². The van der Waals surface area contributed by atoms with Crippen LogP contribution in [0.1, 0.15) is 52.7 Å². The molecule has 138 valence electrons. The fourth-order valence-corrected chi connectivity index (χ4v) is 2.65. The van der Waals surface area contributed by atoms with Gasteiger partial charge in [0.2, 0.25) is 0 Å². The molecule has 4 heteroatoms. The molecule has 0 heterocycles. The van der Waals surface area contributed by atoms with E-state index >= 15 is 0 Å². The maximum absolute atomic E-state index is 6.09. The van der Waals surface area contributed by atoms with Crippen LogP contribution in [-0.2, 0) is 0 Å². The Morgan fingerprint density at radius 2 is 0.846 bits per heavy atom. The van der Waals surface area contributed by atoms with E-state index in [-0.39, 0.29) is 11.1 Å². The minimum absolute atomic E-state index is 0.250. The first-order chi connectivity index (χ1) is 11.9. The number of benzene rings is 2. The van der Waals surface area contributed by atoms with E-state index < -0.39 is 0 Å². The van der Waals surface area contributed by atoms with Crippen molar-refractivity contribution in [3.63, 3.8) is 0 Å². The zero-order valence-electron chi connectivity index (χ0n) is 16.3. The molecule has 2 nitrogen and oxygen atoms in total. The van der Waals surface area contributed by atoms with Gasteiger partial charge in [-0.15, -0.1) is 0 Å². The van der Waals surface area contributed by atoms with Crippen molar-refractivity contribution in [3.8, 4) is 0 Å². The molecular formula is C22H26Cl2N2. The zero-order valence-corrected chi connectivity index (χ0v) is 17.8. The maximum Gasteiger partial charge on any atom is 0.0911 e. The SMILES string of the molecule is CC(C)(C)N=C(C(=NC(C)(C)C)c1ccc(Cl)cc1)c1ccc(Cl)cc1. The lowest BCUT2D eigenvalue weighted by Crippen LogP contribution is -2.26. The van der Waals surface area contributed by atoms with Gasteiger partial charge in [-0.2, -0.15) is 0 Å². The second-order valence-electron chi connectivity index (χ2n) is 8.28. The molecule has 26 heavy (non-hydrogen) atoms. The van der Waals surface area contributed by atoms with E-state index in [1.165, 1.54) is 0 Å². The van der Waals surface area contributed by atoms with E-state index in [4.69, 9.17) is 33.2 Å². The van der Waals surface area contributed by atoms with Crippen LogP contribution in [0.15, 0.2) is 58.5 Å². The molecule has 0 N–H and O–H groups in total. The molecule has 0 radical (unpaired) electrons. The van der Waals surface area contributed by atoms with Crippen molar-refractivity contribution in [2.24, 2.45) is 9.98 Å². The second kappa shape index (κ2) is 7.94. The Morgan fingerprint density at radius 1 is 0.577 bits per heavy atom. The van der Waals surface area contributed by atoms with E-state index in [0.717, 1.165) is 22.6 Å². The molecule has 0 fully saturated rings. The summed E-state index contributed by atoms with van der Waals surface area (Å²) in [6.07, 6.45) is 0. The van der Waals surface area contributed by atoms with Crippen LogP contribution in [0.4, 0.5) is 0 Å². The summed E-state index contributed by atoms with van der Waals surface area (Å²) in [5, 5.41) is 1.40. The van der Waals surface area contributed by atoms with Gasteiger partial charge in [0.25, 0.3) is 0 Å². The molecule has 0 aliphatic heterocycles. The van der Waals surface area contributed by atoms with E-state index in [1.54, 1.807) is 0 Å². The normalized spacial score (nSPS) is 13.8. The molecule has 0 aliphatic rings. The van der Waals surface area contributed by atoms with Crippen LogP contribution in [0.5, 0.6) is 0 Å². The zero-order chi connectivity index (χ0) is 19.5. The Bertz CT molecular complexity index is 732. The van der Waals surface area contributed by atoms with Gasteiger partial charge in [-0.25, -0.2) is 0 Å². The van der Waals surface area contributed by atoms with Crippen molar-refractivity contribution in [2.45, 2.75) is 52.6 Å². The Morgan fingerprint density at radius 3 is 1.08 bits per heavy atom. The summed E-state index contributed by atoms with van der Waals surface area (Å²) < 4.78 is 0. The van der Waals surface area contributed by atoms with Gasteiger partial charge >= 0.3 is 0 Å². The molecule has 2 aromatic carbocycles. The van der Waals surface area contributed by atoms with Gasteiger partial charge in [0.1, 0.15) is 0 Å². The van der Waals surface area contributed by atoms with Crippen LogP contribution >= 0.6 is 23.2 Å². The molecule has 0 saturated heterocycles. The Balaban J connectivity index is 2.73. The second-order valence-corrected chi connectivity index (χ2v) is 9.15. The number of aliphatic imine (C=N–C) groups is 2. The highest BCUT2D eigenvalue weighted by Gasteiger charge is 2.21. The molecule has 2 aromatic rings. The van der Waals surface area contributed by atoms with Gasteiger partial charge in [0.15, 0.2) is 0 Å². The Hall–Kier alpha value is -1.64. The highest BCUT2D eigenvalue weighted by molar-refractivity contribution is 6.53. The largest absolute Gasteiger partial charge is 0.277 e. The Labute approximate surface area is 167 Å². The first kappa shape index (κ1) is 20.7. The van der Waals surface area contributed by atoms with E-state index in [2.05, 4.69) is 41.5 Å². The van der Waals surface area contributed by atoms with Crippen molar-refractivity contribution in [1.82, 2.24) is 0 Å². The molecule has 0 spiro atoms. The van der Waals surface area contributed by atoms with Crippen LogP contribution in [0.2, 0.25) is 10.0 Å². The van der Waals surface area contributed by atoms with Crippen LogP contribution in [0.25, 0.3) is 0 Å². The van der Waals surface area contributed by atoms with Crippen molar-refractivity contribution >= 4 is 34.6 Å². The smallest absolute Gasteiger partial charge is 0.0911 e. The topological polar surface area (TPSA) is 24.7 Å². The summed E-state index contributed by atoms with van der Waals surface area (Å²) in [5.41, 5.74) is 3.18. The number of halogens is 2. The highest BCUT2D eigenvalue weighted by atomic mass is 35.5. The van der Waals surface area contributed by atoms with Gasteiger partial charge in [0, 0.05) is 21.2 Å². The first-order valence-corrected chi connectivity index (χ1v) is 9.42. The monoisotopic (exact) mass is 388 g/mol. The average Bonchev–Trinajstić information content (AvgIpc) is 2.51. The predicted octanol–water partition coefficient (Wildman–Crippen LogP) is 6.87. The lowest BCUT2D eigenvalue weighted by Gasteiger charge is -2.22. The fraction of sp³-hybridized carbons (Fsp3) is 0.364. The molecule has 0 saturated carbocycles. The minimum atomic E-state index is -0.250. The summed E-state index contributed by atoms with van der Waals surface area (Å²) in [4.78, 5) is 10.0. The van der Waals surface area contributed by atoms with Gasteiger partial charge in [0.05, 0.1) is 22.5 Å². The van der Waals surface area contributed by atoms with Gasteiger partial charge < -0.3 is 0 Å². The third-order valence-corrected chi connectivity index (χ3v) is 3.86. The standard InChI is InChI=1S/C22H26Cl2N2/c1-21(2,3)25-19(15-7-11-17(23)12-8-15)20(26-22(4,5)6)16-9-13-18(24)14-10-16/h7-14H,1-6H3. The van der Waals surface area contributed by atoms with Gasteiger partial charge in [-0.05, 0) is 65.8 Å². The van der Waals surface area contributed by atoms with Crippen LogP contribution in [-0.4, -0.2) is 22.5 Å². The highest BCUT2D eigenvalue weighted by Crippen LogP contribution is 2.21. The lowest BCUT2D eigenvalue weighted by molar-refractivity contribution is 0.579. The number of nitrogens with zero attached hydrogens (tertiary/aromatic N) is 2. The molecule has 0 aromatic heterocycles. The van der Waals surface area contributed by atoms with Crippen molar-refractivity contribution < 1.29 is 0 Å². The number of rotatable bonds is 3. The van der Waals surface area contributed by atoms with E-state index in [1.807, 2.05) is 48.5 Å². The molecule has 0 unspecified atom stereocenters. The molecule has 0 bridgehead atoms. The first-order valence-electron chi connectivity index (χ1n) is 8.67. The molecule has 0 aliphatic carbocycles. The third kappa shape index (κ3) is 6.26.